The first kappa shape index (κ1) is 22.3. The Morgan fingerprint density at radius 2 is 1.94 bits per heavy atom. The summed E-state index contributed by atoms with van der Waals surface area (Å²) in [5, 5.41) is 2.51. The number of carbonyl (C=O) groups excluding carboxylic acids is 2. The van der Waals surface area contributed by atoms with E-state index in [1.807, 2.05) is 19.9 Å². The van der Waals surface area contributed by atoms with Crippen LogP contribution in [0.5, 0.6) is 5.75 Å². The van der Waals surface area contributed by atoms with E-state index in [2.05, 4.69) is 5.32 Å². The summed E-state index contributed by atoms with van der Waals surface area (Å²) in [6, 6.07) is 6.39. The molecule has 2 aliphatic heterocycles. The van der Waals surface area contributed by atoms with Crippen LogP contribution in [0.2, 0.25) is 0 Å². The summed E-state index contributed by atoms with van der Waals surface area (Å²) in [4.78, 5) is 28.3. The van der Waals surface area contributed by atoms with Gasteiger partial charge in [0.15, 0.2) is 23.2 Å². The van der Waals surface area contributed by atoms with Gasteiger partial charge in [0.25, 0.3) is 0 Å². The Morgan fingerprint density at radius 1 is 1.18 bits per heavy atom. The van der Waals surface area contributed by atoms with Gasteiger partial charge in [0, 0.05) is 18.0 Å². The Bertz CT molecular complexity index is 1210. The van der Waals surface area contributed by atoms with Crippen molar-refractivity contribution in [3.63, 3.8) is 0 Å². The maximum atomic E-state index is 14.2. The number of amides is 3. The molecule has 2 atom stereocenters. The third kappa shape index (κ3) is 3.89. The molecule has 3 aliphatic rings. The molecule has 178 valence electrons. The highest BCUT2D eigenvalue weighted by Gasteiger charge is 2.42. The predicted octanol–water partition coefficient (Wildman–Crippen LogP) is 4.55. The number of hydrogen-bond donors (Lipinski definition) is 1. The Hall–Kier alpha value is -3.49. The molecule has 2 aromatic rings. The monoisotopic (exact) mass is 471 g/mol. The van der Waals surface area contributed by atoms with Crippen LogP contribution in [0.25, 0.3) is 5.57 Å². The quantitative estimate of drug-likeness (QED) is 0.696. The summed E-state index contributed by atoms with van der Waals surface area (Å²) in [6.45, 7) is 3.71. The van der Waals surface area contributed by atoms with E-state index in [9.17, 15) is 22.8 Å². The molecule has 34 heavy (non-hydrogen) atoms. The van der Waals surface area contributed by atoms with Crippen LogP contribution >= 0.6 is 0 Å². The lowest BCUT2D eigenvalue weighted by molar-refractivity contribution is -0.132. The van der Waals surface area contributed by atoms with Gasteiger partial charge >= 0.3 is 6.03 Å². The van der Waals surface area contributed by atoms with Gasteiger partial charge in [-0.2, -0.15) is 0 Å². The third-order valence-corrected chi connectivity index (χ3v) is 6.50. The standard InChI is InChI=1S/C25H24F3N3O3/c1-13(2)34-22-8-14(3-4-19(22)26)17-9-16-7-15(17)10-31(16)23(32)12-30-11-18-21(29-25(30)33)6-5-20(27)24(18)28/h3-6,8-9,13,15-16H,7,10-12H2,1-2H3,(H,29,33)/t15-,16-/m0/s1. The van der Waals surface area contributed by atoms with Crippen molar-refractivity contribution < 1.29 is 27.5 Å². The molecular weight excluding hydrogens is 447 g/mol. The molecule has 1 N–H and O–H groups in total. The minimum atomic E-state index is -1.03. The number of halogens is 3. The first-order chi connectivity index (χ1) is 16.2. The number of nitrogens with one attached hydrogen (secondary N) is 1. The normalized spacial score (nSPS) is 21.0. The van der Waals surface area contributed by atoms with Gasteiger partial charge in [0.2, 0.25) is 5.91 Å². The summed E-state index contributed by atoms with van der Waals surface area (Å²) < 4.78 is 47.4. The van der Waals surface area contributed by atoms with Crippen molar-refractivity contribution in [3.05, 3.63) is 65.0 Å². The number of benzene rings is 2. The molecule has 0 spiro atoms. The van der Waals surface area contributed by atoms with Crippen LogP contribution in [0.1, 0.15) is 31.4 Å². The van der Waals surface area contributed by atoms with E-state index in [-0.39, 0.29) is 54.1 Å². The second-order valence-corrected chi connectivity index (χ2v) is 9.15. The maximum absolute atomic E-state index is 14.2. The predicted molar refractivity (Wildman–Crippen MR) is 120 cm³/mol. The highest BCUT2D eigenvalue weighted by Crippen LogP contribution is 2.43. The number of rotatable bonds is 5. The van der Waals surface area contributed by atoms with E-state index in [0.717, 1.165) is 23.6 Å². The Morgan fingerprint density at radius 3 is 2.65 bits per heavy atom. The average molecular weight is 471 g/mol. The highest BCUT2D eigenvalue weighted by atomic mass is 19.2. The van der Waals surface area contributed by atoms with Crippen LogP contribution in [-0.2, 0) is 11.3 Å². The Kier molecular flexibility index (Phi) is 5.50. The topological polar surface area (TPSA) is 61.9 Å². The summed E-state index contributed by atoms with van der Waals surface area (Å²) in [5.41, 5.74) is 2.14. The van der Waals surface area contributed by atoms with E-state index in [1.165, 1.54) is 17.0 Å². The van der Waals surface area contributed by atoms with Crippen LogP contribution in [0, 0.1) is 23.4 Å². The summed E-state index contributed by atoms with van der Waals surface area (Å²) in [5.74, 6) is -2.42. The molecule has 9 heteroatoms. The minimum absolute atomic E-state index is 0.0215. The number of ether oxygens (including phenoxy) is 1. The van der Waals surface area contributed by atoms with Gasteiger partial charge in [-0.1, -0.05) is 12.1 Å². The molecule has 6 nitrogen and oxygen atoms in total. The van der Waals surface area contributed by atoms with Gasteiger partial charge < -0.3 is 19.9 Å². The zero-order valence-corrected chi connectivity index (χ0v) is 18.8. The van der Waals surface area contributed by atoms with E-state index in [1.54, 1.807) is 17.0 Å². The molecule has 5 rings (SSSR count). The van der Waals surface area contributed by atoms with Crippen LogP contribution in [0.4, 0.5) is 23.7 Å². The van der Waals surface area contributed by atoms with Crippen molar-refractivity contribution in [2.45, 2.75) is 39.0 Å². The molecule has 1 aliphatic carbocycles. The summed E-state index contributed by atoms with van der Waals surface area (Å²) in [7, 11) is 0. The lowest BCUT2D eigenvalue weighted by atomic mass is 9.95. The molecular formula is C25H24F3N3O3. The van der Waals surface area contributed by atoms with Crippen LogP contribution < -0.4 is 10.1 Å². The molecule has 1 fully saturated rings. The second kappa shape index (κ2) is 8.38. The molecule has 0 unspecified atom stereocenters. The molecule has 2 heterocycles. The number of fused-ring (bicyclic) bond motifs is 3. The smallest absolute Gasteiger partial charge is 0.322 e. The summed E-state index contributed by atoms with van der Waals surface area (Å²) >= 11 is 0. The van der Waals surface area contributed by atoms with Crippen molar-refractivity contribution in [2.75, 3.05) is 18.4 Å². The van der Waals surface area contributed by atoms with Gasteiger partial charge in [0.1, 0.15) is 6.54 Å². The van der Waals surface area contributed by atoms with Crippen molar-refractivity contribution in [1.82, 2.24) is 9.80 Å². The van der Waals surface area contributed by atoms with E-state index in [0.29, 0.717) is 6.54 Å². The number of likely N-dealkylation sites (tertiary alicyclic amines) is 1. The molecule has 0 aromatic heterocycles. The number of hydrogen-bond acceptors (Lipinski definition) is 3. The van der Waals surface area contributed by atoms with Crippen LogP contribution in [-0.4, -0.2) is 47.0 Å². The zero-order chi connectivity index (χ0) is 24.1. The minimum Gasteiger partial charge on any atom is -0.488 e. The highest BCUT2D eigenvalue weighted by molar-refractivity contribution is 5.95. The molecule has 1 saturated heterocycles. The van der Waals surface area contributed by atoms with Crippen LogP contribution in [0.3, 0.4) is 0 Å². The Labute approximate surface area is 195 Å². The van der Waals surface area contributed by atoms with E-state index >= 15 is 0 Å². The first-order valence-corrected chi connectivity index (χ1v) is 11.2. The maximum Gasteiger partial charge on any atom is 0.322 e. The molecule has 2 aromatic carbocycles. The van der Waals surface area contributed by atoms with Crippen LogP contribution in [0.15, 0.2) is 36.4 Å². The SMILES string of the molecule is CC(C)Oc1cc(C2=C[C@@H]3C[C@H]2CN3C(=O)CN2Cc3c(ccc(F)c3F)NC2=O)ccc1F. The summed E-state index contributed by atoms with van der Waals surface area (Å²) in [6.07, 6.45) is 2.59. The first-order valence-electron chi connectivity index (χ1n) is 11.2. The largest absolute Gasteiger partial charge is 0.488 e. The average Bonchev–Trinajstić information content (AvgIpc) is 3.40. The second-order valence-electron chi connectivity index (χ2n) is 9.15. The zero-order valence-electron chi connectivity index (χ0n) is 18.8. The number of nitrogens with zero attached hydrogens (tertiary/aromatic N) is 2. The van der Waals surface area contributed by atoms with Gasteiger partial charge in [-0.15, -0.1) is 0 Å². The number of carbonyl (C=O) groups is 2. The van der Waals surface area contributed by atoms with Crippen molar-refractivity contribution in [1.29, 1.82) is 0 Å². The Balaban J connectivity index is 1.29. The fourth-order valence-electron chi connectivity index (χ4n) is 4.94. The van der Waals surface area contributed by atoms with Crippen molar-refractivity contribution in [3.8, 4) is 5.75 Å². The molecule has 0 saturated carbocycles. The molecule has 3 amide bonds. The lowest BCUT2D eigenvalue weighted by Gasteiger charge is -2.32. The van der Waals surface area contributed by atoms with Gasteiger partial charge in [0.05, 0.1) is 24.4 Å². The lowest BCUT2D eigenvalue weighted by Crippen LogP contribution is -2.47. The van der Waals surface area contributed by atoms with Gasteiger partial charge in [-0.3, -0.25) is 4.79 Å². The molecule has 2 bridgehead atoms. The molecule has 0 radical (unpaired) electrons. The number of anilines is 1. The fourth-order valence-corrected chi connectivity index (χ4v) is 4.94. The van der Waals surface area contributed by atoms with E-state index in [4.69, 9.17) is 4.74 Å². The fraction of sp³-hybridized carbons (Fsp3) is 0.360. The van der Waals surface area contributed by atoms with Gasteiger partial charge in [-0.05, 0) is 55.7 Å². The van der Waals surface area contributed by atoms with Crippen molar-refractivity contribution in [2.24, 2.45) is 5.92 Å². The van der Waals surface area contributed by atoms with Gasteiger partial charge in [-0.25, -0.2) is 18.0 Å². The third-order valence-electron chi connectivity index (χ3n) is 6.50. The van der Waals surface area contributed by atoms with E-state index < -0.39 is 23.5 Å². The number of urea groups is 1. The van der Waals surface area contributed by atoms with Crippen molar-refractivity contribution >= 4 is 23.2 Å².